The molecule has 0 spiro atoms. The number of aliphatic hydroxyl groups excluding tert-OH is 2. The van der Waals surface area contributed by atoms with Crippen LogP contribution in [0.4, 0.5) is 0 Å². The van der Waals surface area contributed by atoms with E-state index in [0.717, 1.165) is 22.6 Å². The molecule has 0 aromatic heterocycles. The third-order valence-electron chi connectivity index (χ3n) is 3.75. The fraction of sp³-hybridized carbons (Fsp3) is 0.571. The van der Waals surface area contributed by atoms with Crippen molar-refractivity contribution in [1.82, 2.24) is 0 Å². The minimum atomic E-state index is -0.543. The third kappa shape index (κ3) is 2.18. The van der Waals surface area contributed by atoms with Crippen LogP contribution in [0, 0.1) is 5.92 Å². The van der Waals surface area contributed by atoms with Crippen molar-refractivity contribution in [3.05, 3.63) is 23.3 Å². The van der Waals surface area contributed by atoms with Crippen molar-refractivity contribution in [1.29, 1.82) is 0 Å². The van der Waals surface area contributed by atoms with Crippen molar-refractivity contribution in [3.63, 3.8) is 0 Å². The predicted octanol–water partition coefficient (Wildman–Crippen LogP) is 1.16. The van der Waals surface area contributed by atoms with Crippen molar-refractivity contribution < 1.29 is 19.7 Å². The van der Waals surface area contributed by atoms with Gasteiger partial charge in [-0.3, -0.25) is 0 Å². The lowest BCUT2D eigenvalue weighted by atomic mass is 9.78. The van der Waals surface area contributed by atoms with E-state index in [1.54, 1.807) is 21.1 Å². The Morgan fingerprint density at radius 3 is 2.06 bits per heavy atom. The molecule has 0 saturated heterocycles. The van der Waals surface area contributed by atoms with E-state index in [1.807, 2.05) is 12.1 Å². The van der Waals surface area contributed by atoms with E-state index in [0.29, 0.717) is 12.8 Å². The van der Waals surface area contributed by atoms with Crippen molar-refractivity contribution in [2.24, 2.45) is 5.92 Å². The second kappa shape index (κ2) is 5.16. The van der Waals surface area contributed by atoms with Crippen LogP contribution in [-0.2, 0) is 12.8 Å². The highest BCUT2D eigenvalue weighted by Crippen LogP contribution is 2.38. The highest BCUT2D eigenvalue weighted by atomic mass is 16.5. The van der Waals surface area contributed by atoms with Crippen molar-refractivity contribution in [3.8, 4) is 11.5 Å². The van der Waals surface area contributed by atoms with Crippen molar-refractivity contribution in [2.45, 2.75) is 32.0 Å². The maximum absolute atomic E-state index is 10.1. The molecule has 0 bridgehead atoms. The predicted molar refractivity (Wildman–Crippen MR) is 68.1 cm³/mol. The fourth-order valence-corrected chi connectivity index (χ4v) is 2.70. The molecular weight excluding hydrogens is 232 g/mol. The highest BCUT2D eigenvalue weighted by Gasteiger charge is 2.33. The Hall–Kier alpha value is -1.26. The average molecular weight is 252 g/mol. The highest BCUT2D eigenvalue weighted by molar-refractivity contribution is 5.50. The Bertz CT molecular complexity index is 428. The Balaban J connectivity index is 2.46. The lowest BCUT2D eigenvalue weighted by molar-refractivity contribution is 0.0158. The lowest BCUT2D eigenvalue weighted by Gasteiger charge is -2.33. The molecule has 18 heavy (non-hydrogen) atoms. The summed E-state index contributed by atoms with van der Waals surface area (Å²) in [5, 5.41) is 19.8. The van der Waals surface area contributed by atoms with Crippen LogP contribution < -0.4 is 9.47 Å². The number of ether oxygens (including phenoxy) is 2. The van der Waals surface area contributed by atoms with Gasteiger partial charge in [-0.2, -0.15) is 0 Å². The summed E-state index contributed by atoms with van der Waals surface area (Å²) in [6.07, 6.45) is 0.0161. The monoisotopic (exact) mass is 252 g/mol. The number of rotatable bonds is 3. The first-order chi connectivity index (χ1) is 8.58. The van der Waals surface area contributed by atoms with Crippen LogP contribution in [0.5, 0.6) is 11.5 Å². The van der Waals surface area contributed by atoms with Gasteiger partial charge in [0, 0.05) is 23.5 Å². The minimum absolute atomic E-state index is 0.154. The number of aliphatic hydroxyl groups is 2. The van der Waals surface area contributed by atoms with Crippen LogP contribution in [-0.4, -0.2) is 36.6 Å². The van der Waals surface area contributed by atoms with E-state index in [2.05, 4.69) is 0 Å². The molecule has 0 unspecified atom stereocenters. The molecule has 4 nitrogen and oxygen atoms in total. The summed E-state index contributed by atoms with van der Waals surface area (Å²) in [6, 6.07) is 3.72. The van der Waals surface area contributed by atoms with Gasteiger partial charge in [0.15, 0.2) is 0 Å². The number of hydrogen-bond donors (Lipinski definition) is 2. The maximum atomic E-state index is 10.1. The molecule has 4 heteroatoms. The third-order valence-corrected chi connectivity index (χ3v) is 3.75. The van der Waals surface area contributed by atoms with Gasteiger partial charge in [-0.25, -0.2) is 0 Å². The first kappa shape index (κ1) is 13.2. The van der Waals surface area contributed by atoms with Crippen LogP contribution in [0.3, 0.4) is 0 Å². The summed E-state index contributed by atoms with van der Waals surface area (Å²) in [5.74, 6) is 1.41. The Kier molecular flexibility index (Phi) is 3.78. The molecule has 0 heterocycles. The van der Waals surface area contributed by atoms with E-state index in [-0.39, 0.29) is 5.92 Å². The number of fused-ring (bicyclic) bond motifs is 1. The Morgan fingerprint density at radius 1 is 1.11 bits per heavy atom. The van der Waals surface area contributed by atoms with Crippen LogP contribution >= 0.6 is 0 Å². The second-order valence-corrected chi connectivity index (χ2v) is 4.81. The zero-order chi connectivity index (χ0) is 13.3. The summed E-state index contributed by atoms with van der Waals surface area (Å²) < 4.78 is 10.7. The summed E-state index contributed by atoms with van der Waals surface area (Å²) in [4.78, 5) is 0. The first-order valence-electron chi connectivity index (χ1n) is 6.17. The van der Waals surface area contributed by atoms with Crippen molar-refractivity contribution >= 4 is 0 Å². The molecule has 3 atom stereocenters. The number of methoxy groups -OCH3 is 2. The van der Waals surface area contributed by atoms with Gasteiger partial charge in [0.2, 0.25) is 0 Å². The van der Waals surface area contributed by atoms with Gasteiger partial charge in [-0.15, -0.1) is 0 Å². The van der Waals surface area contributed by atoms with E-state index in [4.69, 9.17) is 9.47 Å². The molecule has 1 aliphatic rings. The van der Waals surface area contributed by atoms with Crippen LogP contribution in [0.25, 0.3) is 0 Å². The zero-order valence-electron chi connectivity index (χ0n) is 11.0. The summed E-state index contributed by atoms with van der Waals surface area (Å²) in [6.45, 7) is 1.71. The Labute approximate surface area is 107 Å². The SMILES string of the molecule is COc1ccc(OC)c2c1C[C@H]([C@H](C)O)[C@H](O)C2. The van der Waals surface area contributed by atoms with Gasteiger partial charge < -0.3 is 19.7 Å². The fourth-order valence-electron chi connectivity index (χ4n) is 2.70. The smallest absolute Gasteiger partial charge is 0.122 e. The first-order valence-corrected chi connectivity index (χ1v) is 6.17. The average Bonchev–Trinajstić information content (AvgIpc) is 2.36. The molecular formula is C14H20O4. The molecule has 100 valence electrons. The van der Waals surface area contributed by atoms with Crippen LogP contribution in [0.15, 0.2) is 12.1 Å². The molecule has 2 rings (SSSR count). The van der Waals surface area contributed by atoms with Crippen molar-refractivity contribution in [2.75, 3.05) is 14.2 Å². The number of benzene rings is 1. The molecule has 2 N–H and O–H groups in total. The minimum Gasteiger partial charge on any atom is -0.496 e. The topological polar surface area (TPSA) is 58.9 Å². The van der Waals surface area contributed by atoms with Crippen LogP contribution in [0.1, 0.15) is 18.1 Å². The maximum Gasteiger partial charge on any atom is 0.122 e. The molecule has 0 aliphatic heterocycles. The van der Waals surface area contributed by atoms with Gasteiger partial charge in [0.05, 0.1) is 26.4 Å². The number of hydrogen-bond acceptors (Lipinski definition) is 4. The lowest BCUT2D eigenvalue weighted by Crippen LogP contribution is -2.37. The van der Waals surface area contributed by atoms with Crippen LogP contribution in [0.2, 0.25) is 0 Å². The van der Waals surface area contributed by atoms with E-state index >= 15 is 0 Å². The molecule has 0 fully saturated rings. The van der Waals surface area contributed by atoms with E-state index in [1.165, 1.54) is 0 Å². The van der Waals surface area contributed by atoms with Gasteiger partial charge in [0.25, 0.3) is 0 Å². The molecule has 1 aliphatic carbocycles. The largest absolute Gasteiger partial charge is 0.496 e. The van der Waals surface area contributed by atoms with Gasteiger partial charge in [-0.1, -0.05) is 0 Å². The normalized spacial score (nSPS) is 24.3. The summed E-state index contributed by atoms with van der Waals surface area (Å²) in [7, 11) is 3.25. The quantitative estimate of drug-likeness (QED) is 0.847. The van der Waals surface area contributed by atoms with Gasteiger partial charge >= 0.3 is 0 Å². The zero-order valence-corrected chi connectivity index (χ0v) is 11.0. The molecule has 1 aromatic carbocycles. The second-order valence-electron chi connectivity index (χ2n) is 4.81. The molecule has 0 radical (unpaired) electrons. The Morgan fingerprint density at radius 2 is 1.61 bits per heavy atom. The molecule has 1 aromatic rings. The summed E-state index contributed by atoms with van der Waals surface area (Å²) in [5.41, 5.74) is 2.02. The summed E-state index contributed by atoms with van der Waals surface area (Å²) >= 11 is 0. The standard InChI is InChI=1S/C14H20O4/c1-8(15)9-6-10-11(7-12(9)16)14(18-3)5-4-13(10)17-2/h4-5,8-9,12,15-16H,6-7H2,1-3H3/t8-,9+,12+/m0/s1. The molecule has 0 saturated carbocycles. The molecule has 0 amide bonds. The van der Waals surface area contributed by atoms with Gasteiger partial charge in [0.1, 0.15) is 11.5 Å². The van der Waals surface area contributed by atoms with Gasteiger partial charge in [-0.05, 0) is 25.5 Å². The van der Waals surface area contributed by atoms with E-state index in [9.17, 15) is 10.2 Å². The van der Waals surface area contributed by atoms with E-state index < -0.39 is 12.2 Å².